The van der Waals surface area contributed by atoms with Crippen LogP contribution >= 0.6 is 35.0 Å². The highest BCUT2D eigenvalue weighted by Gasteiger charge is 2.35. The van der Waals surface area contributed by atoms with Gasteiger partial charge in [-0.25, -0.2) is 0 Å². The van der Waals surface area contributed by atoms with Crippen molar-refractivity contribution in [2.24, 2.45) is 0 Å². The monoisotopic (exact) mass is 635 g/mol. The third-order valence-electron chi connectivity index (χ3n) is 6.08. The lowest BCUT2D eigenvalue weighted by Gasteiger charge is -2.17. The smallest absolute Gasteiger partial charge is 0.339 e. The Morgan fingerprint density at radius 1 is 1.00 bits per heavy atom. The van der Waals surface area contributed by atoms with Crippen LogP contribution in [0.1, 0.15) is 36.5 Å². The number of amides is 2. The summed E-state index contributed by atoms with van der Waals surface area (Å²) in [5, 5.41) is -0.127. The molecule has 3 aromatic carbocycles. The molecule has 0 bridgehead atoms. The van der Waals surface area contributed by atoms with Gasteiger partial charge in [0.2, 0.25) is 5.75 Å². The largest absolute Gasteiger partial charge is 0.493 e. The fourth-order valence-electron chi connectivity index (χ4n) is 4.00. The van der Waals surface area contributed by atoms with Gasteiger partial charge in [0.05, 0.1) is 23.6 Å². The topological polar surface area (TPSA) is 99.2 Å². The van der Waals surface area contributed by atoms with Crippen LogP contribution in [-0.2, 0) is 14.9 Å². The lowest BCUT2D eigenvalue weighted by molar-refractivity contribution is -0.123. The molecule has 2 amide bonds. The van der Waals surface area contributed by atoms with Gasteiger partial charge >= 0.3 is 10.1 Å². The SMILES string of the molecule is COc1cc(/C=C2\SC(=O)N(CCOc3cc(C)ccc3C(C)C)C2=O)cc(Cl)c1OS(=O)(=O)c1ccc(Cl)cc1. The molecule has 3 aromatic rings. The number of hydrogen-bond donors (Lipinski definition) is 0. The van der Waals surface area contributed by atoms with E-state index in [2.05, 4.69) is 13.8 Å². The molecule has 1 aliphatic rings. The number of methoxy groups -OCH3 is 1. The molecule has 1 aliphatic heterocycles. The van der Waals surface area contributed by atoms with Crippen molar-refractivity contribution < 1.29 is 31.7 Å². The maximum atomic E-state index is 13.0. The summed E-state index contributed by atoms with van der Waals surface area (Å²) in [4.78, 5) is 26.9. The Morgan fingerprint density at radius 3 is 2.37 bits per heavy atom. The van der Waals surface area contributed by atoms with E-state index in [4.69, 9.17) is 36.9 Å². The molecule has 0 saturated carbocycles. The molecule has 8 nitrogen and oxygen atoms in total. The molecule has 0 radical (unpaired) electrons. The predicted octanol–water partition coefficient (Wildman–Crippen LogP) is 7.32. The Hall–Kier alpha value is -3.18. The minimum atomic E-state index is -4.24. The summed E-state index contributed by atoms with van der Waals surface area (Å²) < 4.78 is 42.1. The minimum Gasteiger partial charge on any atom is -0.493 e. The molecular formula is C29H27Cl2NO7S2. The summed E-state index contributed by atoms with van der Waals surface area (Å²) >= 11 is 13.0. The highest BCUT2D eigenvalue weighted by atomic mass is 35.5. The van der Waals surface area contributed by atoms with Crippen LogP contribution in [0.2, 0.25) is 10.0 Å². The number of benzene rings is 3. The second-order valence-electron chi connectivity index (χ2n) is 9.40. The van der Waals surface area contributed by atoms with Crippen molar-refractivity contribution in [1.82, 2.24) is 4.90 Å². The van der Waals surface area contributed by atoms with Crippen LogP contribution in [0.5, 0.6) is 17.2 Å². The Labute approximate surface area is 253 Å². The molecule has 216 valence electrons. The molecule has 41 heavy (non-hydrogen) atoms. The van der Waals surface area contributed by atoms with Crippen molar-refractivity contribution in [1.29, 1.82) is 0 Å². The number of aryl methyl sites for hydroxylation is 1. The van der Waals surface area contributed by atoms with Crippen LogP contribution in [0.4, 0.5) is 4.79 Å². The number of imide groups is 1. The van der Waals surface area contributed by atoms with Crippen LogP contribution in [0, 0.1) is 6.92 Å². The molecule has 0 spiro atoms. The molecule has 1 saturated heterocycles. The predicted molar refractivity (Wildman–Crippen MR) is 161 cm³/mol. The summed E-state index contributed by atoms with van der Waals surface area (Å²) in [6, 6.07) is 14.3. The van der Waals surface area contributed by atoms with Crippen molar-refractivity contribution in [3.8, 4) is 17.2 Å². The first-order valence-corrected chi connectivity index (χ1v) is 15.4. The number of halogens is 2. The Bertz CT molecular complexity index is 1620. The first-order chi connectivity index (χ1) is 19.4. The maximum Gasteiger partial charge on any atom is 0.339 e. The number of carbonyl (C=O) groups excluding carboxylic acids is 2. The van der Waals surface area contributed by atoms with Gasteiger partial charge in [-0.1, -0.05) is 49.2 Å². The Balaban J connectivity index is 1.49. The second kappa shape index (κ2) is 12.8. The number of rotatable bonds is 10. The van der Waals surface area contributed by atoms with Gasteiger partial charge in [-0.05, 0) is 89.8 Å². The normalized spacial score (nSPS) is 14.7. The molecule has 12 heteroatoms. The van der Waals surface area contributed by atoms with E-state index in [-0.39, 0.29) is 45.4 Å². The number of carbonyl (C=O) groups is 2. The fourth-order valence-corrected chi connectivity index (χ4v) is 6.25. The Kier molecular flexibility index (Phi) is 9.59. The van der Waals surface area contributed by atoms with E-state index in [1.54, 1.807) is 0 Å². The van der Waals surface area contributed by atoms with E-state index in [9.17, 15) is 18.0 Å². The summed E-state index contributed by atoms with van der Waals surface area (Å²) in [5.41, 5.74) is 2.50. The quantitative estimate of drug-likeness (QED) is 0.169. The lowest BCUT2D eigenvalue weighted by atomic mass is 10.0. The highest BCUT2D eigenvalue weighted by molar-refractivity contribution is 8.18. The summed E-state index contributed by atoms with van der Waals surface area (Å²) in [7, 11) is -2.92. The Morgan fingerprint density at radius 2 is 1.71 bits per heavy atom. The van der Waals surface area contributed by atoms with E-state index in [0.717, 1.165) is 33.5 Å². The van der Waals surface area contributed by atoms with Gasteiger partial charge in [-0.15, -0.1) is 0 Å². The van der Waals surface area contributed by atoms with Crippen LogP contribution in [0.15, 0.2) is 64.4 Å². The molecule has 1 fully saturated rings. The molecule has 0 aliphatic carbocycles. The highest BCUT2D eigenvalue weighted by Crippen LogP contribution is 2.40. The zero-order valence-corrected chi connectivity index (χ0v) is 25.8. The standard InChI is InChI=1S/C29H27Cl2NO7S2/c1-17(2)22-10-5-18(3)13-24(22)38-12-11-32-28(33)26(40-29(32)34)16-19-14-23(31)27(25(15-19)37-4)39-41(35,36)21-8-6-20(30)7-9-21/h5-10,13-17H,11-12H2,1-4H3/b26-16-. The molecular weight excluding hydrogens is 609 g/mol. The molecule has 1 heterocycles. The average molecular weight is 637 g/mol. The molecule has 0 aromatic heterocycles. The third-order valence-corrected chi connectivity index (χ3v) is 8.76. The molecule has 0 unspecified atom stereocenters. The lowest BCUT2D eigenvalue weighted by Crippen LogP contribution is -2.32. The first kappa shape index (κ1) is 30.8. The van der Waals surface area contributed by atoms with Gasteiger partial charge in [0.25, 0.3) is 11.1 Å². The number of ether oxygens (including phenoxy) is 2. The van der Waals surface area contributed by atoms with Gasteiger partial charge in [0, 0.05) is 5.02 Å². The molecule has 0 N–H and O–H groups in total. The van der Waals surface area contributed by atoms with E-state index in [0.29, 0.717) is 10.6 Å². The van der Waals surface area contributed by atoms with Gasteiger partial charge in [-0.3, -0.25) is 14.5 Å². The van der Waals surface area contributed by atoms with Gasteiger partial charge in [-0.2, -0.15) is 8.42 Å². The first-order valence-electron chi connectivity index (χ1n) is 12.5. The average Bonchev–Trinajstić information content (AvgIpc) is 3.17. The molecule has 0 atom stereocenters. The van der Waals surface area contributed by atoms with Gasteiger partial charge in [0.1, 0.15) is 17.3 Å². The zero-order chi connectivity index (χ0) is 29.9. The van der Waals surface area contributed by atoms with Gasteiger partial charge in [0.15, 0.2) is 5.75 Å². The number of nitrogens with zero attached hydrogens (tertiary/aromatic N) is 1. The van der Waals surface area contributed by atoms with Crippen molar-refractivity contribution in [3.63, 3.8) is 0 Å². The van der Waals surface area contributed by atoms with E-state index in [1.807, 2.05) is 25.1 Å². The second-order valence-corrected chi connectivity index (χ2v) is 12.8. The van der Waals surface area contributed by atoms with Crippen LogP contribution in [0.3, 0.4) is 0 Å². The van der Waals surface area contributed by atoms with Crippen molar-refractivity contribution in [3.05, 3.63) is 86.2 Å². The maximum absolute atomic E-state index is 13.0. The van der Waals surface area contributed by atoms with Gasteiger partial charge < -0.3 is 13.7 Å². The number of hydrogen-bond acceptors (Lipinski definition) is 8. The zero-order valence-electron chi connectivity index (χ0n) is 22.6. The summed E-state index contributed by atoms with van der Waals surface area (Å²) in [6.07, 6.45) is 1.48. The van der Waals surface area contributed by atoms with E-state index in [1.165, 1.54) is 49.6 Å². The van der Waals surface area contributed by atoms with Crippen molar-refractivity contribution >= 4 is 62.3 Å². The summed E-state index contributed by atoms with van der Waals surface area (Å²) in [6.45, 7) is 6.32. The molecule has 4 rings (SSSR count). The van der Waals surface area contributed by atoms with Crippen LogP contribution in [0.25, 0.3) is 6.08 Å². The van der Waals surface area contributed by atoms with E-state index >= 15 is 0 Å². The van der Waals surface area contributed by atoms with Crippen molar-refractivity contribution in [2.45, 2.75) is 31.6 Å². The minimum absolute atomic E-state index is 0.0213. The number of thioether (sulfide) groups is 1. The van der Waals surface area contributed by atoms with Crippen molar-refractivity contribution in [2.75, 3.05) is 20.3 Å². The van der Waals surface area contributed by atoms with Crippen LogP contribution in [-0.4, -0.2) is 44.7 Å². The van der Waals surface area contributed by atoms with Crippen LogP contribution < -0.4 is 13.7 Å². The summed E-state index contributed by atoms with van der Waals surface area (Å²) in [5.74, 6) is 0.308. The van der Waals surface area contributed by atoms with E-state index < -0.39 is 21.3 Å². The third kappa shape index (κ3) is 7.19. The fraction of sp³-hybridized carbons (Fsp3) is 0.241.